The topological polar surface area (TPSA) is 41.1 Å². The van der Waals surface area contributed by atoms with Crippen molar-refractivity contribution in [3.8, 4) is 0 Å². The Morgan fingerprint density at radius 1 is 1.29 bits per heavy atom. The Kier molecular flexibility index (Phi) is 2.50. The van der Waals surface area contributed by atoms with Gasteiger partial charge < -0.3 is 5.32 Å². The summed E-state index contributed by atoms with van der Waals surface area (Å²) in [7, 11) is 0. The molecule has 2 rings (SSSR count). The van der Waals surface area contributed by atoms with Gasteiger partial charge in [0.1, 0.15) is 0 Å². The zero-order valence-electron chi connectivity index (χ0n) is 8.16. The molecule has 1 heterocycles. The van der Waals surface area contributed by atoms with Crippen molar-refractivity contribution < 1.29 is 4.79 Å². The van der Waals surface area contributed by atoms with E-state index >= 15 is 0 Å². The predicted molar refractivity (Wildman–Crippen MR) is 54.5 cm³/mol. The molecular weight excluding hydrogens is 176 g/mol. The highest BCUT2D eigenvalue weighted by atomic mass is 16.2. The molecule has 74 valence electrons. The van der Waals surface area contributed by atoms with Gasteiger partial charge in [0.05, 0.1) is 6.17 Å². The summed E-state index contributed by atoms with van der Waals surface area (Å²) >= 11 is 0. The third kappa shape index (κ3) is 1.93. The molecule has 1 amide bonds. The van der Waals surface area contributed by atoms with Gasteiger partial charge in [-0.1, -0.05) is 30.3 Å². The first-order valence-corrected chi connectivity index (χ1v) is 4.86. The molecule has 1 aromatic rings. The predicted octanol–water partition coefficient (Wildman–Crippen LogP) is 1.18. The highest BCUT2D eigenvalue weighted by molar-refractivity contribution is 5.77. The van der Waals surface area contributed by atoms with Crippen LogP contribution in [0.5, 0.6) is 0 Å². The molecule has 0 aliphatic carbocycles. The molecule has 1 fully saturated rings. The Morgan fingerprint density at radius 3 is 2.64 bits per heavy atom. The van der Waals surface area contributed by atoms with Crippen LogP contribution in [0.4, 0.5) is 0 Å². The van der Waals surface area contributed by atoms with E-state index in [0.717, 1.165) is 0 Å². The van der Waals surface area contributed by atoms with Gasteiger partial charge in [-0.25, -0.2) is 0 Å². The van der Waals surface area contributed by atoms with Crippen LogP contribution in [0.25, 0.3) is 0 Å². The van der Waals surface area contributed by atoms with Crippen LogP contribution in [-0.4, -0.2) is 12.1 Å². The first kappa shape index (κ1) is 9.21. The van der Waals surface area contributed by atoms with Crippen molar-refractivity contribution in [1.29, 1.82) is 0 Å². The minimum Gasteiger partial charge on any atom is -0.341 e. The first-order chi connectivity index (χ1) is 6.75. The fraction of sp³-hybridized carbons (Fsp3) is 0.364. The SMILES string of the molecule is CC1NC(=O)CC(c2ccccc2)N1. The van der Waals surface area contributed by atoms with E-state index in [1.54, 1.807) is 0 Å². The van der Waals surface area contributed by atoms with E-state index in [4.69, 9.17) is 0 Å². The van der Waals surface area contributed by atoms with E-state index < -0.39 is 0 Å². The van der Waals surface area contributed by atoms with E-state index in [0.29, 0.717) is 6.42 Å². The molecule has 0 radical (unpaired) electrons. The largest absolute Gasteiger partial charge is 0.341 e. The number of hydrogen-bond donors (Lipinski definition) is 2. The maximum absolute atomic E-state index is 11.3. The van der Waals surface area contributed by atoms with Crippen molar-refractivity contribution in [1.82, 2.24) is 10.6 Å². The maximum atomic E-state index is 11.3. The number of carbonyl (C=O) groups is 1. The molecule has 3 nitrogen and oxygen atoms in total. The Bertz CT molecular complexity index is 323. The molecule has 0 bridgehead atoms. The van der Waals surface area contributed by atoms with Crippen molar-refractivity contribution in [2.75, 3.05) is 0 Å². The summed E-state index contributed by atoms with van der Waals surface area (Å²) in [6.45, 7) is 1.95. The average Bonchev–Trinajstić information content (AvgIpc) is 2.18. The number of hydrogen-bond acceptors (Lipinski definition) is 2. The van der Waals surface area contributed by atoms with Crippen LogP contribution >= 0.6 is 0 Å². The normalized spacial score (nSPS) is 27.1. The van der Waals surface area contributed by atoms with Gasteiger partial charge in [-0.15, -0.1) is 0 Å². The van der Waals surface area contributed by atoms with E-state index in [9.17, 15) is 4.79 Å². The lowest BCUT2D eigenvalue weighted by atomic mass is 10.0. The molecule has 1 aromatic carbocycles. The quantitative estimate of drug-likeness (QED) is 0.698. The van der Waals surface area contributed by atoms with E-state index in [1.165, 1.54) is 5.56 Å². The molecule has 0 aromatic heterocycles. The second-order valence-electron chi connectivity index (χ2n) is 3.62. The lowest BCUT2D eigenvalue weighted by Gasteiger charge is -2.29. The van der Waals surface area contributed by atoms with Crippen LogP contribution in [-0.2, 0) is 4.79 Å². The lowest BCUT2D eigenvalue weighted by molar-refractivity contribution is -0.124. The van der Waals surface area contributed by atoms with Crippen LogP contribution in [0.1, 0.15) is 24.9 Å². The number of nitrogens with one attached hydrogen (secondary N) is 2. The minimum absolute atomic E-state index is 0.0569. The van der Waals surface area contributed by atoms with Gasteiger partial charge in [0.25, 0.3) is 0 Å². The van der Waals surface area contributed by atoms with Gasteiger partial charge >= 0.3 is 0 Å². The third-order valence-electron chi connectivity index (χ3n) is 2.42. The zero-order valence-corrected chi connectivity index (χ0v) is 8.16. The van der Waals surface area contributed by atoms with Crippen LogP contribution in [0, 0.1) is 0 Å². The lowest BCUT2D eigenvalue weighted by Crippen LogP contribution is -2.50. The molecule has 3 heteroatoms. The van der Waals surface area contributed by atoms with Gasteiger partial charge in [-0.3, -0.25) is 10.1 Å². The zero-order chi connectivity index (χ0) is 9.97. The Morgan fingerprint density at radius 2 is 2.00 bits per heavy atom. The van der Waals surface area contributed by atoms with Crippen molar-refractivity contribution in [3.63, 3.8) is 0 Å². The molecule has 2 atom stereocenters. The van der Waals surface area contributed by atoms with E-state index in [2.05, 4.69) is 10.6 Å². The Hall–Kier alpha value is -1.35. The summed E-state index contributed by atoms with van der Waals surface area (Å²) in [4.78, 5) is 11.3. The van der Waals surface area contributed by atoms with Gasteiger partial charge in [0, 0.05) is 12.5 Å². The van der Waals surface area contributed by atoms with Crippen molar-refractivity contribution in [2.45, 2.75) is 25.6 Å². The van der Waals surface area contributed by atoms with E-state index in [-0.39, 0.29) is 18.1 Å². The number of amides is 1. The van der Waals surface area contributed by atoms with Gasteiger partial charge in [-0.2, -0.15) is 0 Å². The first-order valence-electron chi connectivity index (χ1n) is 4.86. The van der Waals surface area contributed by atoms with Crippen molar-refractivity contribution in [2.24, 2.45) is 0 Å². The molecule has 14 heavy (non-hydrogen) atoms. The fourth-order valence-corrected chi connectivity index (χ4v) is 1.79. The molecule has 1 aliphatic rings. The van der Waals surface area contributed by atoms with Gasteiger partial charge in [-0.05, 0) is 12.5 Å². The Labute approximate surface area is 83.5 Å². The minimum atomic E-state index is 0.0569. The second kappa shape index (κ2) is 3.80. The summed E-state index contributed by atoms with van der Waals surface area (Å²) in [6.07, 6.45) is 0.579. The number of carbonyl (C=O) groups excluding carboxylic acids is 1. The molecule has 1 saturated heterocycles. The summed E-state index contributed by atoms with van der Waals surface area (Å²) in [5.74, 6) is 0.116. The molecule has 0 spiro atoms. The number of rotatable bonds is 1. The standard InChI is InChI=1S/C11H14N2O/c1-8-12-10(7-11(14)13-8)9-5-3-2-4-6-9/h2-6,8,10,12H,7H2,1H3,(H,13,14). The number of benzene rings is 1. The molecule has 1 aliphatic heterocycles. The highest BCUT2D eigenvalue weighted by Gasteiger charge is 2.23. The van der Waals surface area contributed by atoms with Crippen molar-refractivity contribution in [3.05, 3.63) is 35.9 Å². The van der Waals surface area contributed by atoms with Gasteiger partial charge in [0.2, 0.25) is 5.91 Å². The van der Waals surface area contributed by atoms with Crippen molar-refractivity contribution >= 4 is 5.91 Å². The van der Waals surface area contributed by atoms with Crippen LogP contribution in [0.2, 0.25) is 0 Å². The van der Waals surface area contributed by atoms with Crippen LogP contribution < -0.4 is 10.6 Å². The maximum Gasteiger partial charge on any atom is 0.223 e. The Balaban J connectivity index is 2.15. The summed E-state index contributed by atoms with van der Waals surface area (Å²) < 4.78 is 0. The average molecular weight is 190 g/mol. The smallest absolute Gasteiger partial charge is 0.223 e. The fourth-order valence-electron chi connectivity index (χ4n) is 1.79. The highest BCUT2D eigenvalue weighted by Crippen LogP contribution is 2.19. The third-order valence-corrected chi connectivity index (χ3v) is 2.42. The second-order valence-corrected chi connectivity index (χ2v) is 3.62. The summed E-state index contributed by atoms with van der Waals surface area (Å²) in [5, 5.41) is 6.16. The van der Waals surface area contributed by atoms with Gasteiger partial charge in [0.15, 0.2) is 0 Å². The molecular formula is C11H14N2O. The van der Waals surface area contributed by atoms with Crippen LogP contribution in [0.15, 0.2) is 30.3 Å². The van der Waals surface area contributed by atoms with Crippen LogP contribution in [0.3, 0.4) is 0 Å². The summed E-state index contributed by atoms with van der Waals surface area (Å²) in [5.41, 5.74) is 1.18. The monoisotopic (exact) mass is 190 g/mol. The molecule has 2 N–H and O–H groups in total. The molecule has 2 unspecified atom stereocenters. The molecule has 0 saturated carbocycles. The summed E-state index contributed by atoms with van der Waals surface area (Å²) in [6, 6.07) is 10.2. The van der Waals surface area contributed by atoms with E-state index in [1.807, 2.05) is 37.3 Å².